The van der Waals surface area contributed by atoms with E-state index >= 15 is 0 Å². The van der Waals surface area contributed by atoms with Gasteiger partial charge in [-0.25, -0.2) is 0 Å². The first-order valence-electron chi connectivity index (χ1n) is 6.35. The summed E-state index contributed by atoms with van der Waals surface area (Å²) in [6.07, 6.45) is 0. The Balaban J connectivity index is 2.20. The van der Waals surface area contributed by atoms with Gasteiger partial charge < -0.3 is 11.1 Å². The van der Waals surface area contributed by atoms with Crippen LogP contribution in [-0.4, -0.2) is 10.8 Å². The number of carbonyl (C=O) groups excluding carboxylic acids is 1. The maximum absolute atomic E-state index is 11.1. The number of nitro groups is 1. The monoisotopic (exact) mass is 285 g/mol. The highest BCUT2D eigenvalue weighted by Crippen LogP contribution is 2.25. The third-order valence-corrected chi connectivity index (χ3v) is 3.04. The molecule has 0 spiro atoms. The lowest BCUT2D eigenvalue weighted by Gasteiger charge is -2.09. The molecule has 0 aliphatic carbocycles. The highest BCUT2D eigenvalue weighted by Gasteiger charge is 2.13. The maximum atomic E-state index is 11.1. The van der Waals surface area contributed by atoms with E-state index in [2.05, 4.69) is 5.32 Å². The molecular weight excluding hydrogens is 270 g/mol. The lowest BCUT2D eigenvalue weighted by atomic mass is 10.1. The number of benzene rings is 2. The molecule has 2 rings (SSSR count). The van der Waals surface area contributed by atoms with E-state index in [0.717, 1.165) is 11.1 Å². The SMILES string of the molecule is Cc1ccc([N+](=O)[O-])c(NCc2cccc(C(N)=O)c2)c1. The normalized spacial score (nSPS) is 10.1. The van der Waals surface area contributed by atoms with Crippen LogP contribution in [-0.2, 0) is 6.54 Å². The number of nitrogens with zero attached hydrogens (tertiary/aromatic N) is 1. The Labute approximate surface area is 121 Å². The number of aryl methyl sites for hydroxylation is 1. The Morgan fingerprint density at radius 2 is 2.05 bits per heavy atom. The van der Waals surface area contributed by atoms with Gasteiger partial charge in [0.05, 0.1) is 4.92 Å². The topological polar surface area (TPSA) is 98.3 Å². The molecular formula is C15H15N3O3. The zero-order valence-electron chi connectivity index (χ0n) is 11.5. The molecule has 0 unspecified atom stereocenters. The van der Waals surface area contributed by atoms with Crippen LogP contribution in [0.15, 0.2) is 42.5 Å². The third kappa shape index (κ3) is 3.56. The van der Waals surface area contributed by atoms with Crippen LogP contribution in [0.2, 0.25) is 0 Å². The van der Waals surface area contributed by atoms with Gasteiger partial charge in [0.15, 0.2) is 0 Å². The summed E-state index contributed by atoms with van der Waals surface area (Å²) >= 11 is 0. The first-order valence-corrected chi connectivity index (χ1v) is 6.35. The molecule has 6 nitrogen and oxygen atoms in total. The smallest absolute Gasteiger partial charge is 0.292 e. The molecule has 2 aromatic rings. The molecule has 0 atom stereocenters. The van der Waals surface area contributed by atoms with Crippen molar-refractivity contribution >= 4 is 17.3 Å². The van der Waals surface area contributed by atoms with Crippen molar-refractivity contribution in [3.63, 3.8) is 0 Å². The van der Waals surface area contributed by atoms with Gasteiger partial charge >= 0.3 is 0 Å². The largest absolute Gasteiger partial charge is 0.375 e. The lowest BCUT2D eigenvalue weighted by molar-refractivity contribution is -0.384. The Hall–Kier alpha value is -2.89. The number of rotatable bonds is 5. The number of amides is 1. The van der Waals surface area contributed by atoms with Gasteiger partial charge in [-0.2, -0.15) is 0 Å². The minimum Gasteiger partial charge on any atom is -0.375 e. The molecule has 0 fully saturated rings. The van der Waals surface area contributed by atoms with Gasteiger partial charge in [-0.05, 0) is 36.2 Å². The fraction of sp³-hybridized carbons (Fsp3) is 0.133. The zero-order chi connectivity index (χ0) is 15.4. The summed E-state index contributed by atoms with van der Waals surface area (Å²) in [4.78, 5) is 21.7. The summed E-state index contributed by atoms with van der Waals surface area (Å²) in [5.41, 5.74) is 7.85. The van der Waals surface area contributed by atoms with Crippen molar-refractivity contribution in [2.24, 2.45) is 5.73 Å². The van der Waals surface area contributed by atoms with Gasteiger partial charge in [0.2, 0.25) is 5.91 Å². The second-order valence-corrected chi connectivity index (χ2v) is 4.70. The molecule has 108 valence electrons. The van der Waals surface area contributed by atoms with Crippen LogP contribution in [0.3, 0.4) is 0 Å². The number of nitrogens with one attached hydrogen (secondary N) is 1. The number of nitro benzene ring substituents is 1. The minimum absolute atomic E-state index is 0.0201. The van der Waals surface area contributed by atoms with Crippen LogP contribution in [0.1, 0.15) is 21.5 Å². The summed E-state index contributed by atoms with van der Waals surface area (Å²) in [6.45, 7) is 2.23. The van der Waals surface area contributed by atoms with Gasteiger partial charge in [-0.3, -0.25) is 14.9 Å². The number of hydrogen-bond donors (Lipinski definition) is 2. The Morgan fingerprint density at radius 1 is 1.29 bits per heavy atom. The van der Waals surface area contributed by atoms with Crippen LogP contribution in [0, 0.1) is 17.0 Å². The summed E-state index contributed by atoms with van der Waals surface area (Å²) in [5, 5.41) is 14.0. The summed E-state index contributed by atoms with van der Waals surface area (Å²) in [7, 11) is 0. The molecule has 2 aromatic carbocycles. The van der Waals surface area contributed by atoms with Crippen molar-refractivity contribution in [1.82, 2.24) is 0 Å². The lowest BCUT2D eigenvalue weighted by Crippen LogP contribution is -2.11. The molecule has 0 bridgehead atoms. The summed E-state index contributed by atoms with van der Waals surface area (Å²) in [5.74, 6) is -0.501. The van der Waals surface area contributed by atoms with E-state index in [-0.39, 0.29) is 5.69 Å². The predicted molar refractivity (Wildman–Crippen MR) is 80.1 cm³/mol. The van der Waals surface area contributed by atoms with E-state index < -0.39 is 10.8 Å². The molecule has 3 N–H and O–H groups in total. The fourth-order valence-electron chi connectivity index (χ4n) is 1.98. The van der Waals surface area contributed by atoms with E-state index in [1.165, 1.54) is 6.07 Å². The van der Waals surface area contributed by atoms with Crippen LogP contribution in [0.4, 0.5) is 11.4 Å². The maximum Gasteiger partial charge on any atom is 0.292 e. The number of primary amides is 1. The standard InChI is InChI=1S/C15H15N3O3/c1-10-5-6-14(18(20)21)13(7-10)17-9-11-3-2-4-12(8-11)15(16)19/h2-8,17H,9H2,1H3,(H2,16,19). The fourth-order valence-corrected chi connectivity index (χ4v) is 1.98. The first-order chi connectivity index (χ1) is 9.97. The van der Waals surface area contributed by atoms with E-state index in [0.29, 0.717) is 17.8 Å². The van der Waals surface area contributed by atoms with Crippen molar-refractivity contribution in [2.45, 2.75) is 13.5 Å². The molecule has 6 heteroatoms. The van der Waals surface area contributed by atoms with Gasteiger partial charge in [0, 0.05) is 18.2 Å². The Bertz CT molecular complexity index is 698. The van der Waals surface area contributed by atoms with Crippen molar-refractivity contribution < 1.29 is 9.72 Å². The van der Waals surface area contributed by atoms with Crippen LogP contribution in [0.25, 0.3) is 0 Å². The molecule has 0 aliphatic rings. The first kappa shape index (κ1) is 14.5. The van der Waals surface area contributed by atoms with Crippen molar-refractivity contribution in [2.75, 3.05) is 5.32 Å². The van der Waals surface area contributed by atoms with Gasteiger partial charge in [-0.15, -0.1) is 0 Å². The quantitative estimate of drug-likeness (QED) is 0.651. The molecule has 1 amide bonds. The van der Waals surface area contributed by atoms with Crippen molar-refractivity contribution in [3.8, 4) is 0 Å². The van der Waals surface area contributed by atoms with E-state index in [1.807, 2.05) is 13.0 Å². The van der Waals surface area contributed by atoms with Crippen LogP contribution >= 0.6 is 0 Å². The Morgan fingerprint density at radius 3 is 2.71 bits per heavy atom. The third-order valence-electron chi connectivity index (χ3n) is 3.04. The molecule has 0 radical (unpaired) electrons. The number of carbonyl (C=O) groups is 1. The van der Waals surface area contributed by atoms with E-state index in [9.17, 15) is 14.9 Å². The Kier molecular flexibility index (Phi) is 4.18. The molecule has 21 heavy (non-hydrogen) atoms. The predicted octanol–water partition coefficient (Wildman–Crippen LogP) is 2.61. The average molecular weight is 285 g/mol. The molecule has 0 saturated carbocycles. The van der Waals surface area contributed by atoms with Crippen molar-refractivity contribution in [3.05, 3.63) is 69.3 Å². The zero-order valence-corrected chi connectivity index (χ0v) is 11.5. The molecule has 0 saturated heterocycles. The second kappa shape index (κ2) is 6.04. The average Bonchev–Trinajstić information content (AvgIpc) is 2.45. The summed E-state index contributed by atoms with van der Waals surface area (Å²) in [6, 6.07) is 11.7. The van der Waals surface area contributed by atoms with Gasteiger partial charge in [0.1, 0.15) is 5.69 Å². The van der Waals surface area contributed by atoms with E-state index in [1.54, 1.807) is 30.3 Å². The number of anilines is 1. The van der Waals surface area contributed by atoms with Crippen LogP contribution < -0.4 is 11.1 Å². The van der Waals surface area contributed by atoms with Crippen molar-refractivity contribution in [1.29, 1.82) is 0 Å². The molecule has 0 heterocycles. The minimum atomic E-state index is -0.501. The van der Waals surface area contributed by atoms with Crippen LogP contribution in [0.5, 0.6) is 0 Å². The van der Waals surface area contributed by atoms with Gasteiger partial charge in [-0.1, -0.05) is 18.2 Å². The molecule has 0 aromatic heterocycles. The number of nitrogens with two attached hydrogens (primary N) is 1. The second-order valence-electron chi connectivity index (χ2n) is 4.70. The summed E-state index contributed by atoms with van der Waals surface area (Å²) < 4.78 is 0. The van der Waals surface area contributed by atoms with Gasteiger partial charge in [0.25, 0.3) is 5.69 Å². The van der Waals surface area contributed by atoms with E-state index in [4.69, 9.17) is 5.73 Å². The highest BCUT2D eigenvalue weighted by molar-refractivity contribution is 5.92. The molecule has 0 aliphatic heterocycles. The highest BCUT2D eigenvalue weighted by atomic mass is 16.6. The number of hydrogen-bond acceptors (Lipinski definition) is 4.